The maximum absolute atomic E-state index is 14.3. The summed E-state index contributed by atoms with van der Waals surface area (Å²) in [5.41, 5.74) is -0.154. The van der Waals surface area contributed by atoms with E-state index in [4.69, 9.17) is 28.3 Å². The third-order valence-electron chi connectivity index (χ3n) is 2.98. The molecule has 0 aliphatic heterocycles. The number of pyridine rings is 1. The summed E-state index contributed by atoms with van der Waals surface area (Å²) in [5, 5.41) is 13.8. The summed E-state index contributed by atoms with van der Waals surface area (Å²) in [7, 11) is 0. The van der Waals surface area contributed by atoms with Crippen LogP contribution < -0.4 is 0 Å². The molecule has 0 fully saturated rings. The fourth-order valence-corrected chi connectivity index (χ4v) is 3.07. The van der Waals surface area contributed by atoms with Crippen LogP contribution in [0.5, 0.6) is 0 Å². The molecule has 0 amide bonds. The van der Waals surface area contributed by atoms with E-state index in [2.05, 4.69) is 10.1 Å². The Labute approximate surface area is 150 Å². The highest BCUT2D eigenvalue weighted by atomic mass is 35.5. The van der Waals surface area contributed by atoms with Gasteiger partial charge < -0.3 is 5.11 Å². The molecular weight excluding hydrogens is 376 g/mol. The van der Waals surface area contributed by atoms with E-state index < -0.39 is 11.8 Å². The van der Waals surface area contributed by atoms with Crippen LogP contribution in [0.1, 0.15) is 10.5 Å². The number of carboxylic acid groups (broad SMARTS) is 1. The standard InChI is InChI=1S/C15H8Cl2FN3O2S/c16-9-2-1-3-11(14(9)18)21-13(6-10(20-21)15(22)23)24-8-4-5-12(17)19-7-8/h1-7H,(H,22,23). The molecule has 0 bridgehead atoms. The lowest BCUT2D eigenvalue weighted by Gasteiger charge is -2.08. The van der Waals surface area contributed by atoms with Crippen LogP contribution in [0.25, 0.3) is 5.69 Å². The topological polar surface area (TPSA) is 68.0 Å². The molecule has 0 spiro atoms. The van der Waals surface area contributed by atoms with Gasteiger partial charge in [-0.25, -0.2) is 18.9 Å². The van der Waals surface area contributed by atoms with Gasteiger partial charge in [0.15, 0.2) is 11.5 Å². The molecule has 0 aliphatic rings. The van der Waals surface area contributed by atoms with Crippen LogP contribution in [0.3, 0.4) is 0 Å². The zero-order valence-electron chi connectivity index (χ0n) is 11.8. The average molecular weight is 384 g/mol. The van der Waals surface area contributed by atoms with Crippen molar-refractivity contribution in [1.82, 2.24) is 14.8 Å². The van der Waals surface area contributed by atoms with Crippen LogP contribution >= 0.6 is 35.0 Å². The van der Waals surface area contributed by atoms with Crippen molar-refractivity contribution in [2.75, 3.05) is 0 Å². The van der Waals surface area contributed by atoms with Crippen LogP contribution in [-0.2, 0) is 0 Å². The number of nitrogens with zero attached hydrogens (tertiary/aromatic N) is 3. The van der Waals surface area contributed by atoms with Gasteiger partial charge in [-0.1, -0.05) is 41.0 Å². The number of aromatic nitrogens is 3. The minimum absolute atomic E-state index is 0.0550. The molecule has 24 heavy (non-hydrogen) atoms. The van der Waals surface area contributed by atoms with Crippen molar-refractivity contribution in [1.29, 1.82) is 0 Å². The molecule has 0 aliphatic carbocycles. The van der Waals surface area contributed by atoms with E-state index in [0.717, 1.165) is 0 Å². The molecule has 1 N–H and O–H groups in total. The van der Waals surface area contributed by atoms with E-state index in [-0.39, 0.29) is 16.4 Å². The van der Waals surface area contributed by atoms with E-state index in [9.17, 15) is 9.18 Å². The highest BCUT2D eigenvalue weighted by Crippen LogP contribution is 2.32. The third-order valence-corrected chi connectivity index (χ3v) is 4.47. The maximum atomic E-state index is 14.3. The van der Waals surface area contributed by atoms with Crippen LogP contribution in [0.2, 0.25) is 10.2 Å². The molecule has 122 valence electrons. The summed E-state index contributed by atoms with van der Waals surface area (Å²) in [4.78, 5) is 15.9. The molecule has 9 heteroatoms. The lowest BCUT2D eigenvalue weighted by atomic mass is 10.3. The highest BCUT2D eigenvalue weighted by molar-refractivity contribution is 7.99. The van der Waals surface area contributed by atoms with E-state index >= 15 is 0 Å². The largest absolute Gasteiger partial charge is 0.476 e. The van der Waals surface area contributed by atoms with Crippen LogP contribution in [0.15, 0.2) is 52.5 Å². The van der Waals surface area contributed by atoms with Gasteiger partial charge in [-0.15, -0.1) is 0 Å². The molecule has 0 unspecified atom stereocenters. The first-order chi connectivity index (χ1) is 11.5. The van der Waals surface area contributed by atoms with Crippen molar-refractivity contribution in [3.8, 4) is 5.69 Å². The van der Waals surface area contributed by atoms with Crippen molar-refractivity contribution >= 4 is 40.9 Å². The Bertz CT molecular complexity index is 916. The van der Waals surface area contributed by atoms with Crippen molar-refractivity contribution < 1.29 is 14.3 Å². The van der Waals surface area contributed by atoms with Gasteiger partial charge in [0.1, 0.15) is 15.9 Å². The van der Waals surface area contributed by atoms with Crippen molar-refractivity contribution in [3.05, 3.63) is 64.3 Å². The summed E-state index contributed by atoms with van der Waals surface area (Å²) in [6.07, 6.45) is 1.53. The second-order valence-corrected chi connectivity index (χ2v) is 6.46. The summed E-state index contributed by atoms with van der Waals surface area (Å²) in [6.45, 7) is 0. The van der Waals surface area contributed by atoms with E-state index in [0.29, 0.717) is 15.1 Å². The average Bonchev–Trinajstić information content (AvgIpc) is 2.96. The molecule has 3 aromatic rings. The van der Waals surface area contributed by atoms with Gasteiger partial charge in [0.05, 0.1) is 5.02 Å². The van der Waals surface area contributed by atoms with E-state index in [1.165, 1.54) is 40.8 Å². The van der Waals surface area contributed by atoms with Crippen molar-refractivity contribution in [3.63, 3.8) is 0 Å². The number of carbonyl (C=O) groups is 1. The van der Waals surface area contributed by atoms with Crippen molar-refractivity contribution in [2.24, 2.45) is 0 Å². The molecule has 0 atom stereocenters. The molecule has 2 aromatic heterocycles. The van der Waals surface area contributed by atoms with Gasteiger partial charge in [0, 0.05) is 17.2 Å². The van der Waals surface area contributed by atoms with Gasteiger partial charge in [0.2, 0.25) is 0 Å². The van der Waals surface area contributed by atoms with Crippen LogP contribution in [-0.4, -0.2) is 25.8 Å². The summed E-state index contributed by atoms with van der Waals surface area (Å²) >= 11 is 12.7. The fourth-order valence-electron chi connectivity index (χ4n) is 1.91. The Hall–Kier alpha value is -2.09. The summed E-state index contributed by atoms with van der Waals surface area (Å²) in [5.74, 6) is -1.90. The zero-order chi connectivity index (χ0) is 17.3. The quantitative estimate of drug-likeness (QED) is 0.668. The van der Waals surface area contributed by atoms with E-state index in [1.807, 2.05) is 0 Å². The molecule has 5 nitrogen and oxygen atoms in total. The van der Waals surface area contributed by atoms with Gasteiger partial charge >= 0.3 is 5.97 Å². The minimum atomic E-state index is -1.22. The van der Waals surface area contributed by atoms with Gasteiger partial charge in [0.25, 0.3) is 0 Å². The second-order valence-electron chi connectivity index (χ2n) is 4.58. The first kappa shape index (κ1) is 16.8. The number of halogens is 3. The molecule has 3 rings (SSSR count). The normalized spacial score (nSPS) is 10.8. The highest BCUT2D eigenvalue weighted by Gasteiger charge is 2.19. The molecular formula is C15H8Cl2FN3O2S. The van der Waals surface area contributed by atoms with Crippen molar-refractivity contribution in [2.45, 2.75) is 9.92 Å². The minimum Gasteiger partial charge on any atom is -0.476 e. The predicted octanol–water partition coefficient (Wildman–Crippen LogP) is 4.56. The number of aromatic carboxylic acids is 1. The Kier molecular flexibility index (Phi) is 4.75. The van der Waals surface area contributed by atoms with Gasteiger partial charge in [-0.2, -0.15) is 5.10 Å². The summed E-state index contributed by atoms with van der Waals surface area (Å²) in [6, 6.07) is 9.08. The number of rotatable bonds is 4. The van der Waals surface area contributed by atoms with Crippen LogP contribution in [0, 0.1) is 5.82 Å². The lowest BCUT2D eigenvalue weighted by molar-refractivity contribution is 0.0690. The molecule has 0 saturated heterocycles. The van der Waals surface area contributed by atoms with Gasteiger partial charge in [-0.05, 0) is 24.3 Å². The molecule has 1 aromatic carbocycles. The van der Waals surface area contributed by atoms with Gasteiger partial charge in [-0.3, -0.25) is 0 Å². The maximum Gasteiger partial charge on any atom is 0.356 e. The molecule has 2 heterocycles. The SMILES string of the molecule is O=C(O)c1cc(Sc2ccc(Cl)nc2)n(-c2cccc(Cl)c2F)n1. The molecule has 0 saturated carbocycles. The summed E-state index contributed by atoms with van der Waals surface area (Å²) < 4.78 is 15.5. The second kappa shape index (κ2) is 6.80. The third kappa shape index (κ3) is 3.38. The Morgan fingerprint density at radius 1 is 1.25 bits per heavy atom. The number of carboxylic acids is 1. The number of benzene rings is 1. The lowest BCUT2D eigenvalue weighted by Crippen LogP contribution is -2.04. The Morgan fingerprint density at radius 3 is 2.71 bits per heavy atom. The Balaban J connectivity index is 2.09. The number of hydrogen-bond donors (Lipinski definition) is 1. The number of hydrogen-bond acceptors (Lipinski definition) is 4. The smallest absolute Gasteiger partial charge is 0.356 e. The van der Waals surface area contributed by atoms with Crippen LogP contribution in [0.4, 0.5) is 4.39 Å². The first-order valence-corrected chi connectivity index (χ1v) is 8.10. The predicted molar refractivity (Wildman–Crippen MR) is 88.9 cm³/mol. The molecule has 0 radical (unpaired) electrons. The zero-order valence-corrected chi connectivity index (χ0v) is 14.1. The Morgan fingerprint density at radius 2 is 2.04 bits per heavy atom. The first-order valence-electron chi connectivity index (χ1n) is 6.53. The monoisotopic (exact) mass is 383 g/mol. The van der Waals surface area contributed by atoms with E-state index in [1.54, 1.807) is 18.2 Å². The fraction of sp³-hybridized carbons (Fsp3) is 0.